The predicted octanol–water partition coefficient (Wildman–Crippen LogP) is 1.50. The van der Waals surface area contributed by atoms with Gasteiger partial charge in [-0.3, -0.25) is 0 Å². The molecule has 3 nitrogen and oxygen atoms in total. The van der Waals surface area contributed by atoms with Crippen LogP contribution in [0.3, 0.4) is 0 Å². The molecule has 3 unspecified atom stereocenters. The Balaban J connectivity index is 2.48. The van der Waals surface area contributed by atoms with Crippen LogP contribution in [0, 0.1) is 11.8 Å². The zero-order valence-corrected chi connectivity index (χ0v) is 10.8. The van der Waals surface area contributed by atoms with E-state index in [0.29, 0.717) is 37.1 Å². The zero-order chi connectivity index (χ0) is 12.0. The fourth-order valence-electron chi connectivity index (χ4n) is 3.00. The van der Waals surface area contributed by atoms with Crippen molar-refractivity contribution in [1.82, 2.24) is 5.32 Å². The van der Waals surface area contributed by atoms with Crippen LogP contribution >= 0.6 is 0 Å². The van der Waals surface area contributed by atoms with Crippen LogP contribution in [0.2, 0.25) is 0 Å². The molecule has 0 bridgehead atoms. The predicted molar refractivity (Wildman–Crippen MR) is 68.3 cm³/mol. The van der Waals surface area contributed by atoms with Crippen LogP contribution in [0.1, 0.15) is 46.0 Å². The summed E-state index contributed by atoms with van der Waals surface area (Å²) < 4.78 is 0. The first-order chi connectivity index (χ1) is 7.76. The lowest BCUT2D eigenvalue weighted by Crippen LogP contribution is -2.48. The summed E-state index contributed by atoms with van der Waals surface area (Å²) in [7, 11) is 0. The lowest BCUT2D eigenvalue weighted by atomic mass is 9.92. The van der Waals surface area contributed by atoms with E-state index < -0.39 is 0 Å². The molecule has 0 spiro atoms. The van der Waals surface area contributed by atoms with Crippen LogP contribution < -0.4 is 11.1 Å². The fraction of sp³-hybridized carbons (Fsp3) is 1.00. The summed E-state index contributed by atoms with van der Waals surface area (Å²) in [5.74, 6) is 1.12. The SMILES string of the molecule is CCC(CC)C(CN)NC1CCCC1CO. The molecule has 0 radical (unpaired) electrons. The summed E-state index contributed by atoms with van der Waals surface area (Å²) in [5, 5.41) is 13.0. The molecule has 1 aliphatic rings. The molecule has 1 rings (SSSR count). The van der Waals surface area contributed by atoms with Crippen LogP contribution in [0.25, 0.3) is 0 Å². The van der Waals surface area contributed by atoms with Gasteiger partial charge in [-0.15, -0.1) is 0 Å². The van der Waals surface area contributed by atoms with E-state index >= 15 is 0 Å². The number of rotatable bonds is 7. The molecule has 1 fully saturated rings. The van der Waals surface area contributed by atoms with E-state index in [-0.39, 0.29) is 0 Å². The van der Waals surface area contributed by atoms with Crippen molar-refractivity contribution in [1.29, 1.82) is 0 Å². The molecule has 0 aliphatic heterocycles. The maximum Gasteiger partial charge on any atom is 0.0474 e. The first kappa shape index (κ1) is 13.9. The number of hydrogen-bond acceptors (Lipinski definition) is 3. The van der Waals surface area contributed by atoms with Crippen LogP contribution in [0.15, 0.2) is 0 Å². The highest BCUT2D eigenvalue weighted by atomic mass is 16.3. The Hall–Kier alpha value is -0.120. The van der Waals surface area contributed by atoms with Crippen molar-refractivity contribution in [3.8, 4) is 0 Å². The highest BCUT2D eigenvalue weighted by molar-refractivity contribution is 4.87. The van der Waals surface area contributed by atoms with E-state index in [9.17, 15) is 5.11 Å². The second kappa shape index (κ2) is 7.25. The topological polar surface area (TPSA) is 58.3 Å². The van der Waals surface area contributed by atoms with Gasteiger partial charge in [0, 0.05) is 25.2 Å². The summed E-state index contributed by atoms with van der Waals surface area (Å²) in [6, 6.07) is 0.909. The molecule has 0 aromatic heterocycles. The minimum Gasteiger partial charge on any atom is -0.396 e. The van der Waals surface area contributed by atoms with Crippen molar-refractivity contribution in [3.05, 3.63) is 0 Å². The average molecular weight is 228 g/mol. The number of hydrogen-bond donors (Lipinski definition) is 3. The van der Waals surface area contributed by atoms with Gasteiger partial charge in [-0.2, -0.15) is 0 Å². The quantitative estimate of drug-likeness (QED) is 0.619. The monoisotopic (exact) mass is 228 g/mol. The summed E-state index contributed by atoms with van der Waals surface area (Å²) in [6.07, 6.45) is 5.96. The third-order valence-electron chi connectivity index (χ3n) is 4.19. The van der Waals surface area contributed by atoms with Crippen molar-refractivity contribution in [2.24, 2.45) is 17.6 Å². The maximum absolute atomic E-state index is 9.30. The van der Waals surface area contributed by atoms with Gasteiger partial charge in [-0.1, -0.05) is 33.1 Å². The van der Waals surface area contributed by atoms with Gasteiger partial charge in [0.25, 0.3) is 0 Å². The van der Waals surface area contributed by atoms with Gasteiger partial charge in [-0.05, 0) is 24.7 Å². The third-order valence-corrected chi connectivity index (χ3v) is 4.19. The highest BCUT2D eigenvalue weighted by Gasteiger charge is 2.29. The van der Waals surface area contributed by atoms with Crippen LogP contribution in [-0.2, 0) is 0 Å². The number of aliphatic hydroxyl groups excluding tert-OH is 1. The Kier molecular flexibility index (Phi) is 6.32. The van der Waals surface area contributed by atoms with Gasteiger partial charge in [0.1, 0.15) is 0 Å². The summed E-state index contributed by atoms with van der Waals surface area (Å²) in [6.45, 7) is 5.49. The summed E-state index contributed by atoms with van der Waals surface area (Å²) in [4.78, 5) is 0. The number of aliphatic hydroxyl groups is 1. The van der Waals surface area contributed by atoms with Crippen LogP contribution in [-0.4, -0.2) is 30.3 Å². The molecule has 1 saturated carbocycles. The van der Waals surface area contributed by atoms with Gasteiger partial charge < -0.3 is 16.2 Å². The first-order valence-electron chi connectivity index (χ1n) is 6.83. The molecule has 3 atom stereocenters. The first-order valence-corrected chi connectivity index (χ1v) is 6.83. The van der Waals surface area contributed by atoms with Gasteiger partial charge in [-0.25, -0.2) is 0 Å². The Morgan fingerprint density at radius 3 is 2.50 bits per heavy atom. The second-order valence-electron chi connectivity index (χ2n) is 5.07. The third kappa shape index (κ3) is 3.44. The second-order valence-corrected chi connectivity index (χ2v) is 5.07. The molecule has 0 saturated heterocycles. The van der Waals surface area contributed by atoms with Gasteiger partial charge in [0.2, 0.25) is 0 Å². The lowest BCUT2D eigenvalue weighted by Gasteiger charge is -2.30. The fourth-order valence-corrected chi connectivity index (χ4v) is 3.00. The lowest BCUT2D eigenvalue weighted by molar-refractivity contribution is 0.189. The van der Waals surface area contributed by atoms with E-state index in [4.69, 9.17) is 5.73 Å². The van der Waals surface area contributed by atoms with Crippen molar-refractivity contribution >= 4 is 0 Å². The number of nitrogens with one attached hydrogen (secondary N) is 1. The Labute approximate surface area is 99.8 Å². The highest BCUT2D eigenvalue weighted by Crippen LogP contribution is 2.26. The van der Waals surface area contributed by atoms with Gasteiger partial charge in [0.05, 0.1) is 0 Å². The van der Waals surface area contributed by atoms with Gasteiger partial charge >= 0.3 is 0 Å². The summed E-state index contributed by atoms with van der Waals surface area (Å²) >= 11 is 0. The Bertz CT molecular complexity index is 183. The van der Waals surface area contributed by atoms with Crippen molar-refractivity contribution in [2.45, 2.75) is 58.0 Å². The molecular weight excluding hydrogens is 200 g/mol. The molecule has 1 aliphatic carbocycles. The maximum atomic E-state index is 9.30. The van der Waals surface area contributed by atoms with Gasteiger partial charge in [0.15, 0.2) is 0 Å². The molecule has 16 heavy (non-hydrogen) atoms. The smallest absolute Gasteiger partial charge is 0.0474 e. The number of nitrogens with two attached hydrogens (primary N) is 1. The van der Waals surface area contributed by atoms with Crippen molar-refractivity contribution in [3.63, 3.8) is 0 Å². The van der Waals surface area contributed by atoms with E-state index in [1.807, 2.05) is 0 Å². The standard InChI is InChI=1S/C13H28N2O/c1-3-10(4-2)13(8-14)15-12-7-5-6-11(12)9-16/h10-13,15-16H,3-9,14H2,1-2H3. The van der Waals surface area contributed by atoms with E-state index in [1.165, 1.54) is 25.7 Å². The Morgan fingerprint density at radius 2 is 2.00 bits per heavy atom. The van der Waals surface area contributed by atoms with E-state index in [2.05, 4.69) is 19.2 Å². The molecule has 0 heterocycles. The molecule has 3 heteroatoms. The minimum atomic E-state index is 0.317. The van der Waals surface area contributed by atoms with Crippen LogP contribution in [0.4, 0.5) is 0 Å². The normalized spacial score (nSPS) is 27.6. The Morgan fingerprint density at radius 1 is 1.31 bits per heavy atom. The minimum absolute atomic E-state index is 0.317. The molecule has 0 aromatic rings. The van der Waals surface area contributed by atoms with Crippen LogP contribution in [0.5, 0.6) is 0 Å². The largest absolute Gasteiger partial charge is 0.396 e. The molecule has 0 aromatic carbocycles. The molecule has 4 N–H and O–H groups in total. The molecule has 96 valence electrons. The average Bonchev–Trinajstić information content (AvgIpc) is 2.76. The molecule has 0 amide bonds. The van der Waals surface area contributed by atoms with E-state index in [1.54, 1.807) is 0 Å². The van der Waals surface area contributed by atoms with Crippen molar-refractivity contribution in [2.75, 3.05) is 13.2 Å². The summed E-state index contributed by atoms with van der Waals surface area (Å²) in [5.41, 5.74) is 5.86. The molecular formula is C13H28N2O. The van der Waals surface area contributed by atoms with E-state index in [0.717, 1.165) is 6.42 Å². The van der Waals surface area contributed by atoms with Crippen molar-refractivity contribution < 1.29 is 5.11 Å². The zero-order valence-electron chi connectivity index (χ0n) is 10.8.